The van der Waals surface area contributed by atoms with Gasteiger partial charge in [0.05, 0.1) is 11.3 Å². The van der Waals surface area contributed by atoms with Gasteiger partial charge in [0.2, 0.25) is 5.91 Å². The Kier molecular flexibility index (Phi) is 6.68. The Morgan fingerprint density at radius 2 is 2.17 bits per heavy atom. The van der Waals surface area contributed by atoms with Crippen LogP contribution in [0, 0.1) is 5.92 Å². The number of amides is 1. The van der Waals surface area contributed by atoms with E-state index in [1.54, 1.807) is 11.3 Å². The van der Waals surface area contributed by atoms with Crippen molar-refractivity contribution in [1.82, 2.24) is 19.8 Å². The van der Waals surface area contributed by atoms with Gasteiger partial charge in [-0.2, -0.15) is 0 Å². The maximum absolute atomic E-state index is 12.9. The molecule has 30 heavy (non-hydrogen) atoms. The minimum atomic E-state index is -0.00526. The number of aromatic amines is 1. The van der Waals surface area contributed by atoms with Crippen LogP contribution in [0.1, 0.15) is 67.4 Å². The maximum Gasteiger partial charge on any atom is 0.255 e. The van der Waals surface area contributed by atoms with Crippen LogP contribution in [0.5, 0.6) is 0 Å². The van der Waals surface area contributed by atoms with Gasteiger partial charge < -0.3 is 9.88 Å². The van der Waals surface area contributed by atoms with Crippen LogP contribution in [0.15, 0.2) is 22.3 Å². The van der Waals surface area contributed by atoms with Crippen molar-refractivity contribution in [3.8, 4) is 0 Å². The first-order valence-electron chi connectivity index (χ1n) is 11.2. The molecule has 0 bridgehead atoms. The Bertz CT molecular complexity index is 920. The van der Waals surface area contributed by atoms with Crippen LogP contribution in [0.3, 0.4) is 0 Å². The summed E-state index contributed by atoms with van der Waals surface area (Å²) in [6.45, 7) is 8.11. The summed E-state index contributed by atoms with van der Waals surface area (Å²) in [5.74, 6) is 1.26. The van der Waals surface area contributed by atoms with Crippen molar-refractivity contribution in [1.29, 1.82) is 0 Å². The summed E-state index contributed by atoms with van der Waals surface area (Å²) in [6, 6.07) is 4.21. The third-order valence-corrected chi connectivity index (χ3v) is 7.44. The molecule has 2 aliphatic rings. The molecule has 0 unspecified atom stereocenters. The molecule has 1 amide bonds. The summed E-state index contributed by atoms with van der Waals surface area (Å²) < 4.78 is 0. The van der Waals surface area contributed by atoms with Crippen LogP contribution in [-0.2, 0) is 24.3 Å². The van der Waals surface area contributed by atoms with Gasteiger partial charge in [-0.25, -0.2) is 4.98 Å². The molecule has 162 valence electrons. The predicted molar refractivity (Wildman–Crippen MR) is 120 cm³/mol. The molecule has 4 heterocycles. The van der Waals surface area contributed by atoms with E-state index in [-0.39, 0.29) is 23.3 Å². The quantitative estimate of drug-likeness (QED) is 0.764. The summed E-state index contributed by atoms with van der Waals surface area (Å²) in [5.41, 5.74) is 1.75. The van der Waals surface area contributed by atoms with E-state index in [2.05, 4.69) is 41.2 Å². The topological polar surface area (TPSA) is 69.3 Å². The number of hydrogen-bond donors (Lipinski definition) is 1. The normalized spacial score (nSPS) is 19.8. The third-order valence-electron chi connectivity index (χ3n) is 6.58. The molecule has 0 saturated carbocycles. The first-order valence-corrected chi connectivity index (χ1v) is 12.1. The molecule has 1 atom stereocenters. The number of carbonyl (C=O) groups excluding carboxylic acids is 1. The second-order valence-corrected chi connectivity index (χ2v) is 9.59. The lowest BCUT2D eigenvalue weighted by Gasteiger charge is -2.35. The van der Waals surface area contributed by atoms with Crippen LogP contribution in [0.4, 0.5) is 0 Å². The Labute approximate surface area is 182 Å². The maximum atomic E-state index is 12.9. The molecule has 1 N–H and O–H groups in total. The van der Waals surface area contributed by atoms with Gasteiger partial charge in [0.1, 0.15) is 5.82 Å². The van der Waals surface area contributed by atoms with Crippen molar-refractivity contribution in [2.24, 2.45) is 5.92 Å². The molecule has 7 heteroatoms. The van der Waals surface area contributed by atoms with E-state index in [1.165, 1.54) is 4.88 Å². The Hall–Kier alpha value is -1.99. The van der Waals surface area contributed by atoms with Crippen molar-refractivity contribution < 1.29 is 4.79 Å². The Balaban J connectivity index is 1.48. The third kappa shape index (κ3) is 4.52. The van der Waals surface area contributed by atoms with Crippen molar-refractivity contribution in [3.05, 3.63) is 49.8 Å². The molecule has 0 spiro atoms. The average Bonchev–Trinajstić information content (AvgIpc) is 3.28. The van der Waals surface area contributed by atoms with Gasteiger partial charge in [-0.3, -0.25) is 14.5 Å². The van der Waals surface area contributed by atoms with E-state index in [0.717, 1.165) is 68.8 Å². The van der Waals surface area contributed by atoms with Crippen LogP contribution < -0.4 is 5.56 Å². The van der Waals surface area contributed by atoms with E-state index in [0.29, 0.717) is 13.1 Å². The van der Waals surface area contributed by atoms with Gasteiger partial charge in [-0.15, -0.1) is 11.3 Å². The summed E-state index contributed by atoms with van der Waals surface area (Å²) >= 11 is 1.76. The molecule has 1 saturated heterocycles. The van der Waals surface area contributed by atoms with E-state index < -0.39 is 0 Å². The van der Waals surface area contributed by atoms with Crippen molar-refractivity contribution in [2.45, 2.75) is 65.0 Å². The zero-order valence-electron chi connectivity index (χ0n) is 18.0. The molecular formula is C23H32N4O2S. The predicted octanol–water partition coefficient (Wildman–Crippen LogP) is 3.53. The van der Waals surface area contributed by atoms with Gasteiger partial charge in [-0.1, -0.05) is 19.9 Å². The Morgan fingerprint density at radius 3 is 2.90 bits per heavy atom. The van der Waals surface area contributed by atoms with Gasteiger partial charge in [0.15, 0.2) is 0 Å². The highest BCUT2D eigenvalue weighted by atomic mass is 32.1. The van der Waals surface area contributed by atoms with E-state index in [9.17, 15) is 9.59 Å². The number of nitrogens with one attached hydrogen (secondary N) is 1. The average molecular weight is 429 g/mol. The Morgan fingerprint density at radius 1 is 1.33 bits per heavy atom. The summed E-state index contributed by atoms with van der Waals surface area (Å²) in [5, 5.41) is 2.09. The number of thiophene rings is 1. The first kappa shape index (κ1) is 21.2. The number of hydrogen-bond acceptors (Lipinski definition) is 5. The highest BCUT2D eigenvalue weighted by Crippen LogP contribution is 2.27. The fraction of sp³-hybridized carbons (Fsp3) is 0.609. The summed E-state index contributed by atoms with van der Waals surface area (Å²) in [6.07, 6.45) is 4.50. The molecule has 0 radical (unpaired) electrons. The first-order chi connectivity index (χ1) is 14.6. The van der Waals surface area contributed by atoms with Crippen LogP contribution in [-0.4, -0.2) is 45.3 Å². The molecule has 1 fully saturated rings. The zero-order chi connectivity index (χ0) is 21.1. The fourth-order valence-corrected chi connectivity index (χ4v) is 5.49. The number of carbonyl (C=O) groups is 1. The highest BCUT2D eigenvalue weighted by molar-refractivity contribution is 7.09. The van der Waals surface area contributed by atoms with Crippen LogP contribution in [0.2, 0.25) is 0 Å². The number of piperidine rings is 1. The minimum Gasteiger partial charge on any atom is -0.342 e. The van der Waals surface area contributed by atoms with Gasteiger partial charge in [-0.05, 0) is 37.1 Å². The SMILES string of the molecule is CCC(CC)C(=O)N1CCC[C@@H](c2nc3c(c(=O)[nH]2)CN(Cc2cccs2)CC3)C1. The number of aromatic nitrogens is 2. The van der Waals surface area contributed by atoms with Crippen molar-refractivity contribution in [3.63, 3.8) is 0 Å². The molecule has 2 aliphatic heterocycles. The van der Waals surface area contributed by atoms with Gasteiger partial charge >= 0.3 is 0 Å². The number of fused-ring (bicyclic) bond motifs is 1. The van der Waals surface area contributed by atoms with Crippen molar-refractivity contribution in [2.75, 3.05) is 19.6 Å². The lowest BCUT2D eigenvalue weighted by atomic mass is 9.94. The molecule has 2 aromatic heterocycles. The van der Waals surface area contributed by atoms with Crippen LogP contribution in [0.25, 0.3) is 0 Å². The van der Waals surface area contributed by atoms with Crippen LogP contribution >= 0.6 is 11.3 Å². The number of nitrogens with zero attached hydrogens (tertiary/aromatic N) is 3. The summed E-state index contributed by atoms with van der Waals surface area (Å²) in [4.78, 5) is 39.3. The molecular weight excluding hydrogens is 396 g/mol. The van der Waals surface area contributed by atoms with Crippen molar-refractivity contribution >= 4 is 17.2 Å². The van der Waals surface area contributed by atoms with Gasteiger partial charge in [0.25, 0.3) is 5.56 Å². The highest BCUT2D eigenvalue weighted by Gasteiger charge is 2.30. The zero-order valence-corrected chi connectivity index (χ0v) is 18.8. The molecule has 2 aromatic rings. The second kappa shape index (κ2) is 9.43. The molecule has 6 nitrogen and oxygen atoms in total. The number of H-pyrrole nitrogens is 1. The largest absolute Gasteiger partial charge is 0.342 e. The molecule has 4 rings (SSSR count). The number of likely N-dealkylation sites (tertiary alicyclic amines) is 1. The van der Waals surface area contributed by atoms with E-state index in [1.807, 2.05) is 4.90 Å². The molecule has 0 aliphatic carbocycles. The smallest absolute Gasteiger partial charge is 0.255 e. The fourth-order valence-electron chi connectivity index (χ4n) is 4.75. The second-order valence-electron chi connectivity index (χ2n) is 8.55. The van der Waals surface area contributed by atoms with Gasteiger partial charge in [0, 0.05) is 55.9 Å². The lowest BCUT2D eigenvalue weighted by molar-refractivity contribution is -0.137. The minimum absolute atomic E-state index is 0.00526. The monoisotopic (exact) mass is 428 g/mol. The standard InChI is InChI=1S/C23H32N4O2S/c1-3-16(4-2)23(29)27-10-5-7-17(13-27)21-24-20-9-11-26(14-18-8-6-12-30-18)15-19(20)22(28)25-21/h6,8,12,16-17H,3-5,7,9-11,13-15H2,1-2H3,(H,24,25,28)/t17-/m1/s1. The van der Waals surface area contributed by atoms with E-state index >= 15 is 0 Å². The summed E-state index contributed by atoms with van der Waals surface area (Å²) in [7, 11) is 0. The molecule has 0 aromatic carbocycles. The van der Waals surface area contributed by atoms with E-state index in [4.69, 9.17) is 4.98 Å². The number of rotatable bonds is 6. The lowest BCUT2D eigenvalue weighted by Crippen LogP contribution is -2.43.